The fourth-order valence-corrected chi connectivity index (χ4v) is 6.32. The molecule has 2 heterocycles. The van der Waals surface area contributed by atoms with E-state index in [1.54, 1.807) is 6.07 Å². The first-order valence-corrected chi connectivity index (χ1v) is 9.56. The minimum absolute atomic E-state index is 0.0433. The summed E-state index contributed by atoms with van der Waals surface area (Å²) in [5, 5.41) is 2.78. The Hall–Kier alpha value is 0.0800. The van der Waals surface area contributed by atoms with Crippen molar-refractivity contribution in [3.05, 3.63) is 19.2 Å². The van der Waals surface area contributed by atoms with Gasteiger partial charge in [0.25, 0.3) is 5.91 Å². The van der Waals surface area contributed by atoms with Crippen molar-refractivity contribution >= 4 is 58.9 Å². The molecule has 100 valence electrons. The molecule has 1 unspecified atom stereocenters. The van der Waals surface area contributed by atoms with Crippen LogP contribution in [0.15, 0.2) is 13.6 Å². The number of amides is 1. The number of thiophene rings is 1. The molecule has 0 saturated carbocycles. The summed E-state index contributed by atoms with van der Waals surface area (Å²) in [5.41, 5.74) is 0.537. The standard InChI is InChI=1S/C10H11Br2NO3S2/c11-8-4-7(9(12)17-8)10(14)13-6-2-1-3-18(15,16)5-6/h4,6H,1-3,5H2,(H,13,14). The third-order valence-corrected chi connectivity index (χ3v) is 6.86. The summed E-state index contributed by atoms with van der Waals surface area (Å²) >= 11 is 8.04. The monoisotopic (exact) mass is 415 g/mol. The second kappa shape index (κ2) is 5.60. The summed E-state index contributed by atoms with van der Waals surface area (Å²) in [7, 11) is -3.00. The van der Waals surface area contributed by atoms with Crippen molar-refractivity contribution in [2.75, 3.05) is 11.5 Å². The molecule has 0 aliphatic carbocycles. The zero-order valence-corrected chi connectivity index (χ0v) is 14.1. The van der Waals surface area contributed by atoms with Crippen molar-refractivity contribution in [1.82, 2.24) is 5.32 Å². The quantitative estimate of drug-likeness (QED) is 0.805. The first-order valence-electron chi connectivity index (χ1n) is 5.33. The lowest BCUT2D eigenvalue weighted by Gasteiger charge is -2.22. The van der Waals surface area contributed by atoms with Gasteiger partial charge in [-0.15, -0.1) is 11.3 Å². The fraction of sp³-hybridized carbons (Fsp3) is 0.500. The second-order valence-corrected chi connectivity index (χ2v) is 10.1. The van der Waals surface area contributed by atoms with E-state index in [0.717, 1.165) is 7.57 Å². The maximum Gasteiger partial charge on any atom is 0.253 e. The Morgan fingerprint density at radius 3 is 2.72 bits per heavy atom. The van der Waals surface area contributed by atoms with Crippen molar-refractivity contribution in [3.8, 4) is 0 Å². The lowest BCUT2D eigenvalue weighted by Crippen LogP contribution is -2.43. The van der Waals surface area contributed by atoms with Gasteiger partial charge in [0.15, 0.2) is 9.84 Å². The molecule has 1 aromatic heterocycles. The highest BCUT2D eigenvalue weighted by Gasteiger charge is 2.26. The number of nitrogens with one attached hydrogen (secondary N) is 1. The van der Waals surface area contributed by atoms with Gasteiger partial charge in [0, 0.05) is 6.04 Å². The van der Waals surface area contributed by atoms with Gasteiger partial charge in [-0.05, 0) is 50.8 Å². The first kappa shape index (κ1) is 14.5. The van der Waals surface area contributed by atoms with Crippen molar-refractivity contribution in [2.24, 2.45) is 0 Å². The molecule has 1 aliphatic rings. The van der Waals surface area contributed by atoms with Crippen LogP contribution in [-0.4, -0.2) is 31.9 Å². The second-order valence-electron chi connectivity index (χ2n) is 4.16. The number of rotatable bonds is 2. The number of carbonyl (C=O) groups excluding carboxylic acids is 1. The highest BCUT2D eigenvalue weighted by atomic mass is 79.9. The van der Waals surface area contributed by atoms with Crippen LogP contribution < -0.4 is 5.32 Å². The van der Waals surface area contributed by atoms with E-state index in [0.29, 0.717) is 18.4 Å². The Bertz CT molecular complexity index is 568. The topological polar surface area (TPSA) is 63.2 Å². The van der Waals surface area contributed by atoms with Crippen molar-refractivity contribution in [3.63, 3.8) is 0 Å². The van der Waals surface area contributed by atoms with Crippen LogP contribution in [-0.2, 0) is 9.84 Å². The van der Waals surface area contributed by atoms with E-state index in [9.17, 15) is 13.2 Å². The van der Waals surface area contributed by atoms with E-state index >= 15 is 0 Å². The van der Waals surface area contributed by atoms with Gasteiger partial charge in [0.2, 0.25) is 0 Å². The average Bonchev–Trinajstić information content (AvgIpc) is 2.56. The Labute approximate surface area is 126 Å². The predicted octanol–water partition coefficient (Wildman–Crippen LogP) is 2.58. The molecule has 0 radical (unpaired) electrons. The van der Waals surface area contributed by atoms with Gasteiger partial charge in [-0.25, -0.2) is 8.42 Å². The summed E-state index contributed by atoms with van der Waals surface area (Å²) in [5.74, 6) is 0.0419. The van der Waals surface area contributed by atoms with E-state index in [-0.39, 0.29) is 23.5 Å². The maximum atomic E-state index is 12.0. The summed E-state index contributed by atoms with van der Waals surface area (Å²) in [6.07, 6.45) is 1.33. The number of sulfone groups is 1. The summed E-state index contributed by atoms with van der Waals surface area (Å²) in [4.78, 5) is 12.0. The van der Waals surface area contributed by atoms with E-state index in [2.05, 4.69) is 37.2 Å². The molecule has 1 amide bonds. The van der Waals surface area contributed by atoms with Crippen LogP contribution >= 0.6 is 43.2 Å². The van der Waals surface area contributed by atoms with Gasteiger partial charge in [-0.3, -0.25) is 4.79 Å². The van der Waals surface area contributed by atoms with E-state index in [1.807, 2.05) is 0 Å². The first-order chi connectivity index (χ1) is 8.37. The van der Waals surface area contributed by atoms with E-state index in [4.69, 9.17) is 0 Å². The number of hydrogen-bond donors (Lipinski definition) is 1. The fourth-order valence-electron chi connectivity index (χ4n) is 1.89. The van der Waals surface area contributed by atoms with Crippen LogP contribution in [0.4, 0.5) is 0 Å². The molecule has 1 N–H and O–H groups in total. The van der Waals surface area contributed by atoms with Crippen molar-refractivity contribution in [2.45, 2.75) is 18.9 Å². The Balaban J connectivity index is 2.06. The van der Waals surface area contributed by atoms with Crippen molar-refractivity contribution < 1.29 is 13.2 Å². The number of halogens is 2. The molecule has 1 aliphatic heterocycles. The average molecular weight is 417 g/mol. The van der Waals surface area contributed by atoms with Gasteiger partial charge < -0.3 is 5.32 Å². The van der Waals surface area contributed by atoms with Gasteiger partial charge >= 0.3 is 0 Å². The molecule has 4 nitrogen and oxygen atoms in total. The van der Waals surface area contributed by atoms with Crippen LogP contribution in [0, 0.1) is 0 Å². The van der Waals surface area contributed by atoms with Crippen LogP contribution in [0.25, 0.3) is 0 Å². The maximum absolute atomic E-state index is 12.0. The third kappa shape index (κ3) is 3.55. The molecule has 1 saturated heterocycles. The molecule has 0 spiro atoms. The van der Waals surface area contributed by atoms with Crippen LogP contribution in [0.3, 0.4) is 0 Å². The largest absolute Gasteiger partial charge is 0.348 e. The Kier molecular flexibility index (Phi) is 4.51. The zero-order chi connectivity index (χ0) is 13.3. The highest BCUT2D eigenvalue weighted by molar-refractivity contribution is 9.12. The third-order valence-electron chi connectivity index (χ3n) is 2.70. The van der Waals surface area contributed by atoms with Gasteiger partial charge in [0.1, 0.15) is 0 Å². The molecule has 1 fully saturated rings. The Morgan fingerprint density at radius 1 is 1.44 bits per heavy atom. The highest BCUT2D eigenvalue weighted by Crippen LogP contribution is 2.31. The molecule has 2 rings (SSSR count). The van der Waals surface area contributed by atoms with Gasteiger partial charge in [-0.2, -0.15) is 0 Å². The zero-order valence-electron chi connectivity index (χ0n) is 9.28. The van der Waals surface area contributed by atoms with E-state index in [1.165, 1.54) is 11.3 Å². The smallest absolute Gasteiger partial charge is 0.253 e. The minimum Gasteiger partial charge on any atom is -0.348 e. The number of hydrogen-bond acceptors (Lipinski definition) is 4. The molecule has 1 aromatic rings. The molecule has 0 aromatic carbocycles. The molecule has 8 heteroatoms. The predicted molar refractivity (Wildman–Crippen MR) is 78.9 cm³/mol. The lowest BCUT2D eigenvalue weighted by molar-refractivity contribution is 0.0938. The van der Waals surface area contributed by atoms with E-state index < -0.39 is 9.84 Å². The van der Waals surface area contributed by atoms with Crippen LogP contribution in [0.2, 0.25) is 0 Å². The molecule has 1 atom stereocenters. The molecular weight excluding hydrogens is 406 g/mol. The normalized spacial score (nSPS) is 22.7. The lowest BCUT2D eigenvalue weighted by atomic mass is 10.2. The SMILES string of the molecule is O=C(NC1CCCS(=O)(=O)C1)c1cc(Br)sc1Br. The van der Waals surface area contributed by atoms with Gasteiger partial charge in [-0.1, -0.05) is 0 Å². The summed E-state index contributed by atoms with van der Waals surface area (Å²) in [6.45, 7) is 0. The molecule has 0 bridgehead atoms. The summed E-state index contributed by atoms with van der Waals surface area (Å²) < 4.78 is 24.6. The van der Waals surface area contributed by atoms with Crippen LogP contribution in [0.1, 0.15) is 23.2 Å². The number of carbonyl (C=O) groups is 1. The van der Waals surface area contributed by atoms with Crippen LogP contribution in [0.5, 0.6) is 0 Å². The Morgan fingerprint density at radius 2 is 2.17 bits per heavy atom. The molecule has 18 heavy (non-hydrogen) atoms. The van der Waals surface area contributed by atoms with Gasteiger partial charge in [0.05, 0.1) is 24.6 Å². The summed E-state index contributed by atoms with van der Waals surface area (Å²) in [6, 6.07) is 1.45. The van der Waals surface area contributed by atoms with Crippen molar-refractivity contribution in [1.29, 1.82) is 0 Å². The molecular formula is C10H11Br2NO3S2. The minimum atomic E-state index is -3.00.